The Bertz CT molecular complexity index is 1790. The lowest BCUT2D eigenvalue weighted by Crippen LogP contribution is -2.62. The van der Waals surface area contributed by atoms with Crippen LogP contribution in [0.1, 0.15) is 16.8 Å². The molecular weight excluding hydrogens is 570 g/mol. The van der Waals surface area contributed by atoms with Gasteiger partial charge >= 0.3 is 0 Å². The summed E-state index contributed by atoms with van der Waals surface area (Å²) in [5.41, 5.74) is 10.2. The third kappa shape index (κ3) is 6.26. The number of hydrogen-bond donors (Lipinski definition) is 2. The van der Waals surface area contributed by atoms with E-state index in [1.54, 1.807) is 30.1 Å². The standard InChI is InChI=1S/C34H33N7O4/c1-44-19-20-45-30-17-15-27(16-18-30)40-33(36-23-26-11-6-3-7-12-26)38-32-31(34(40,35)22-25-9-4-2-5-10-25)37-24-39(32)28-13-8-14-29(21-28)41(42)43/h2-18,21,24H,19-20,22-23,35H2,1H3,(H,36,38). The van der Waals surface area contributed by atoms with Crippen molar-refractivity contribution in [2.75, 3.05) is 30.5 Å². The van der Waals surface area contributed by atoms with Crippen LogP contribution in [0.5, 0.6) is 5.75 Å². The van der Waals surface area contributed by atoms with Crippen molar-refractivity contribution in [2.24, 2.45) is 10.7 Å². The number of benzene rings is 4. The second-order valence-electron chi connectivity index (χ2n) is 10.6. The maximum absolute atomic E-state index is 11.6. The molecule has 1 atom stereocenters. The molecule has 228 valence electrons. The number of aliphatic imine (C=N–C) groups is 1. The molecule has 3 N–H and O–H groups in total. The van der Waals surface area contributed by atoms with Crippen molar-refractivity contribution in [3.63, 3.8) is 0 Å². The fourth-order valence-corrected chi connectivity index (χ4v) is 5.41. The van der Waals surface area contributed by atoms with Crippen molar-refractivity contribution in [1.82, 2.24) is 9.55 Å². The number of anilines is 2. The van der Waals surface area contributed by atoms with E-state index in [1.807, 2.05) is 89.8 Å². The Labute approximate surface area is 260 Å². The smallest absolute Gasteiger partial charge is 0.271 e. The largest absolute Gasteiger partial charge is 0.491 e. The normalized spacial score (nSPS) is 16.7. The summed E-state index contributed by atoms with van der Waals surface area (Å²) in [6.07, 6.45) is 2.03. The van der Waals surface area contributed by atoms with Gasteiger partial charge < -0.3 is 20.5 Å². The molecule has 6 rings (SSSR count). The molecule has 0 aliphatic carbocycles. The van der Waals surface area contributed by atoms with Crippen LogP contribution in [0.3, 0.4) is 0 Å². The summed E-state index contributed by atoms with van der Waals surface area (Å²) in [4.78, 5) is 23.0. The highest BCUT2D eigenvalue weighted by Crippen LogP contribution is 2.41. The first kappa shape index (κ1) is 29.5. The summed E-state index contributed by atoms with van der Waals surface area (Å²) in [6.45, 7) is 1.30. The SMILES string of the molecule is COCCOc1ccc(N2C(=NCc3ccccc3)Nc3c(ncn3-c3cccc([N+](=O)[O-])c3)C2(N)Cc2ccccc2)cc1. The van der Waals surface area contributed by atoms with E-state index in [0.29, 0.717) is 55.1 Å². The Hall–Kier alpha value is -5.52. The van der Waals surface area contributed by atoms with E-state index in [4.69, 9.17) is 25.2 Å². The van der Waals surface area contributed by atoms with Gasteiger partial charge in [-0.2, -0.15) is 0 Å². The monoisotopic (exact) mass is 603 g/mol. The van der Waals surface area contributed by atoms with Crippen LogP contribution in [0.2, 0.25) is 0 Å². The lowest BCUT2D eigenvalue weighted by molar-refractivity contribution is -0.384. The summed E-state index contributed by atoms with van der Waals surface area (Å²) in [7, 11) is 1.63. The summed E-state index contributed by atoms with van der Waals surface area (Å²) in [5.74, 6) is 1.78. The topological polar surface area (TPSA) is 133 Å². The van der Waals surface area contributed by atoms with Gasteiger partial charge in [0.1, 0.15) is 35.9 Å². The number of rotatable bonds is 11. The number of nitrogens with one attached hydrogen (secondary N) is 1. The van der Waals surface area contributed by atoms with Crippen molar-refractivity contribution in [3.8, 4) is 11.4 Å². The molecule has 0 radical (unpaired) electrons. The van der Waals surface area contributed by atoms with Crippen LogP contribution < -0.4 is 20.7 Å². The zero-order valence-electron chi connectivity index (χ0n) is 24.7. The number of aromatic nitrogens is 2. The molecule has 11 heteroatoms. The second kappa shape index (κ2) is 13.0. The van der Waals surface area contributed by atoms with Crippen LogP contribution in [0, 0.1) is 10.1 Å². The molecule has 0 amide bonds. The van der Waals surface area contributed by atoms with E-state index >= 15 is 0 Å². The summed E-state index contributed by atoms with van der Waals surface area (Å²) in [6, 6.07) is 34.0. The van der Waals surface area contributed by atoms with E-state index in [2.05, 4.69) is 5.32 Å². The van der Waals surface area contributed by atoms with E-state index in [0.717, 1.165) is 16.8 Å². The van der Waals surface area contributed by atoms with Crippen LogP contribution in [-0.4, -0.2) is 40.8 Å². The van der Waals surface area contributed by atoms with Crippen LogP contribution in [0.4, 0.5) is 17.2 Å². The summed E-state index contributed by atoms with van der Waals surface area (Å²) in [5, 5.41) is 15.1. The summed E-state index contributed by atoms with van der Waals surface area (Å²) < 4.78 is 12.7. The molecule has 11 nitrogen and oxygen atoms in total. The molecular formula is C34H33N7O4. The molecule has 0 bridgehead atoms. The molecule has 1 aliphatic rings. The lowest BCUT2D eigenvalue weighted by atomic mass is 9.92. The number of nitro groups is 1. The molecule has 1 aliphatic heterocycles. The first-order chi connectivity index (χ1) is 22.0. The third-order valence-corrected chi connectivity index (χ3v) is 7.56. The average Bonchev–Trinajstić information content (AvgIpc) is 3.50. The zero-order chi connectivity index (χ0) is 31.2. The van der Waals surface area contributed by atoms with Crippen molar-refractivity contribution >= 4 is 23.2 Å². The van der Waals surface area contributed by atoms with Gasteiger partial charge in [-0.25, -0.2) is 9.98 Å². The minimum Gasteiger partial charge on any atom is -0.491 e. The van der Waals surface area contributed by atoms with Gasteiger partial charge in [0.05, 0.1) is 23.8 Å². The number of fused-ring (bicyclic) bond motifs is 1. The Morgan fingerprint density at radius 2 is 1.62 bits per heavy atom. The van der Waals surface area contributed by atoms with Crippen molar-refractivity contribution in [3.05, 3.63) is 142 Å². The minimum atomic E-state index is -1.21. The van der Waals surface area contributed by atoms with E-state index < -0.39 is 10.6 Å². The van der Waals surface area contributed by atoms with Gasteiger partial charge in [0.2, 0.25) is 5.96 Å². The maximum atomic E-state index is 11.6. The number of imidazole rings is 1. The molecule has 4 aromatic carbocycles. The van der Waals surface area contributed by atoms with E-state index in [1.165, 1.54) is 12.1 Å². The van der Waals surface area contributed by atoms with Gasteiger partial charge in [0.25, 0.3) is 5.69 Å². The van der Waals surface area contributed by atoms with Gasteiger partial charge in [-0.15, -0.1) is 0 Å². The van der Waals surface area contributed by atoms with E-state index in [9.17, 15) is 10.1 Å². The highest BCUT2D eigenvalue weighted by molar-refractivity contribution is 6.09. The fraction of sp³-hybridized carbons (Fsp3) is 0.176. The predicted octanol–water partition coefficient (Wildman–Crippen LogP) is 5.65. The quantitative estimate of drug-likeness (QED) is 0.112. The molecule has 1 aromatic heterocycles. The predicted molar refractivity (Wildman–Crippen MR) is 174 cm³/mol. The fourth-order valence-electron chi connectivity index (χ4n) is 5.41. The first-order valence-electron chi connectivity index (χ1n) is 14.5. The van der Waals surface area contributed by atoms with Crippen LogP contribution in [0.15, 0.2) is 121 Å². The number of guanidine groups is 1. The molecule has 0 saturated heterocycles. The van der Waals surface area contributed by atoms with Gasteiger partial charge in [-0.1, -0.05) is 66.7 Å². The minimum absolute atomic E-state index is 0.0264. The van der Waals surface area contributed by atoms with Crippen LogP contribution in [-0.2, 0) is 23.4 Å². The number of nitro benzene ring substituents is 1. The van der Waals surface area contributed by atoms with Crippen LogP contribution in [0.25, 0.3) is 5.69 Å². The van der Waals surface area contributed by atoms with Crippen LogP contribution >= 0.6 is 0 Å². The Morgan fingerprint density at radius 1 is 0.911 bits per heavy atom. The average molecular weight is 604 g/mol. The Balaban J connectivity index is 1.50. The highest BCUT2D eigenvalue weighted by atomic mass is 16.6. The van der Waals surface area contributed by atoms with Gasteiger partial charge in [0.15, 0.2) is 0 Å². The van der Waals surface area contributed by atoms with Gasteiger partial charge in [-0.05, 0) is 41.5 Å². The second-order valence-corrected chi connectivity index (χ2v) is 10.6. The van der Waals surface area contributed by atoms with Crippen molar-refractivity contribution < 1.29 is 14.4 Å². The third-order valence-electron chi connectivity index (χ3n) is 7.56. The number of methoxy groups -OCH3 is 1. The first-order valence-corrected chi connectivity index (χ1v) is 14.5. The molecule has 0 spiro atoms. The molecule has 2 heterocycles. The Kier molecular flexibility index (Phi) is 8.54. The molecule has 1 unspecified atom stereocenters. The number of nitrogens with zero attached hydrogens (tertiary/aromatic N) is 5. The Morgan fingerprint density at radius 3 is 2.31 bits per heavy atom. The molecule has 45 heavy (non-hydrogen) atoms. The number of ether oxygens (including phenoxy) is 2. The van der Waals surface area contributed by atoms with Crippen molar-refractivity contribution in [2.45, 2.75) is 18.6 Å². The molecule has 0 fully saturated rings. The number of non-ortho nitro benzene ring substituents is 1. The number of hydrogen-bond acceptors (Lipinski definition) is 7. The highest BCUT2D eigenvalue weighted by Gasteiger charge is 2.46. The maximum Gasteiger partial charge on any atom is 0.271 e. The van der Waals surface area contributed by atoms with Gasteiger partial charge in [-0.3, -0.25) is 19.6 Å². The summed E-state index contributed by atoms with van der Waals surface area (Å²) >= 11 is 0. The lowest BCUT2D eigenvalue weighted by Gasteiger charge is -2.45. The number of nitrogens with two attached hydrogens (primary N) is 1. The van der Waals surface area contributed by atoms with Gasteiger partial charge in [0, 0.05) is 31.4 Å². The molecule has 0 saturated carbocycles. The molecule has 5 aromatic rings. The van der Waals surface area contributed by atoms with Crippen molar-refractivity contribution in [1.29, 1.82) is 0 Å². The van der Waals surface area contributed by atoms with E-state index in [-0.39, 0.29) is 5.69 Å². The zero-order valence-corrected chi connectivity index (χ0v) is 24.7.